The third-order valence-electron chi connectivity index (χ3n) is 5.77. The highest BCUT2D eigenvalue weighted by Gasteiger charge is 2.27. The van der Waals surface area contributed by atoms with Crippen LogP contribution in [0.25, 0.3) is 0 Å². The lowest BCUT2D eigenvalue weighted by atomic mass is 10.2. The molecule has 1 saturated heterocycles. The number of nitrogens with one attached hydrogen (secondary N) is 1. The Balaban J connectivity index is 1.36. The SMILES string of the molecule is COC(=O)c1c(Oc2c(F)cc(Br)cc2F)nsc1Nc1cnn(CCN2CCN(C(=O)OC(C)(C)C)CC2)c1. The summed E-state index contributed by atoms with van der Waals surface area (Å²) >= 11 is 3.88. The normalized spacial score (nSPS) is 14.2. The van der Waals surface area contributed by atoms with E-state index in [0.717, 1.165) is 43.3 Å². The molecule has 15 heteroatoms. The lowest BCUT2D eigenvalue weighted by Crippen LogP contribution is -2.50. The zero-order chi connectivity index (χ0) is 29.0. The number of carbonyl (C=O) groups excluding carboxylic acids is 2. The quantitative estimate of drug-likeness (QED) is 0.329. The van der Waals surface area contributed by atoms with Gasteiger partial charge in [0.2, 0.25) is 11.6 Å². The maximum Gasteiger partial charge on any atom is 0.410 e. The molecule has 1 aliphatic rings. The number of amides is 1. The first-order valence-electron chi connectivity index (χ1n) is 12.3. The predicted octanol–water partition coefficient (Wildman–Crippen LogP) is 5.26. The number of rotatable bonds is 8. The summed E-state index contributed by atoms with van der Waals surface area (Å²) in [6.07, 6.45) is 3.03. The summed E-state index contributed by atoms with van der Waals surface area (Å²) in [5.41, 5.74) is -0.0678. The summed E-state index contributed by atoms with van der Waals surface area (Å²) < 4.78 is 50.2. The molecule has 1 aromatic carbocycles. The van der Waals surface area contributed by atoms with Gasteiger partial charge >= 0.3 is 12.1 Å². The molecular formula is C25H29BrF2N6O5S. The summed E-state index contributed by atoms with van der Waals surface area (Å²) in [6.45, 7) is 9.46. The van der Waals surface area contributed by atoms with E-state index in [9.17, 15) is 18.4 Å². The van der Waals surface area contributed by atoms with Gasteiger partial charge in [-0.1, -0.05) is 15.9 Å². The molecule has 0 aliphatic carbocycles. The van der Waals surface area contributed by atoms with Crippen LogP contribution >= 0.6 is 27.5 Å². The van der Waals surface area contributed by atoms with Gasteiger partial charge in [0.1, 0.15) is 10.6 Å². The molecule has 2 aromatic heterocycles. The van der Waals surface area contributed by atoms with E-state index in [1.807, 2.05) is 20.8 Å². The highest BCUT2D eigenvalue weighted by Crippen LogP contribution is 2.38. The smallest absolute Gasteiger partial charge is 0.410 e. The summed E-state index contributed by atoms with van der Waals surface area (Å²) in [6, 6.07) is 2.08. The third kappa shape index (κ3) is 7.46. The number of benzene rings is 1. The minimum atomic E-state index is -0.960. The average Bonchev–Trinajstić information content (AvgIpc) is 3.50. The van der Waals surface area contributed by atoms with Crippen molar-refractivity contribution in [3.05, 3.63) is 46.2 Å². The molecule has 1 N–H and O–H groups in total. The maximum atomic E-state index is 14.3. The van der Waals surface area contributed by atoms with E-state index in [0.29, 0.717) is 25.3 Å². The molecule has 0 spiro atoms. The van der Waals surface area contributed by atoms with Crippen LogP contribution in [0, 0.1) is 11.6 Å². The molecular weight excluding hydrogens is 614 g/mol. The maximum absolute atomic E-state index is 14.3. The molecule has 1 aliphatic heterocycles. The van der Waals surface area contributed by atoms with Crippen LogP contribution in [-0.4, -0.2) is 81.5 Å². The summed E-state index contributed by atoms with van der Waals surface area (Å²) in [7, 11) is 1.18. The average molecular weight is 644 g/mol. The molecule has 40 heavy (non-hydrogen) atoms. The number of halogens is 3. The minimum absolute atomic E-state index is 0.107. The van der Waals surface area contributed by atoms with Crippen molar-refractivity contribution in [1.29, 1.82) is 0 Å². The Labute approximate surface area is 242 Å². The number of aromatic nitrogens is 3. The van der Waals surface area contributed by atoms with Crippen LogP contribution in [0.3, 0.4) is 0 Å². The van der Waals surface area contributed by atoms with Gasteiger partial charge in [0, 0.05) is 43.4 Å². The Morgan fingerprint density at radius 2 is 1.80 bits per heavy atom. The molecule has 3 aromatic rings. The van der Waals surface area contributed by atoms with E-state index >= 15 is 0 Å². The van der Waals surface area contributed by atoms with Crippen molar-refractivity contribution in [3.63, 3.8) is 0 Å². The van der Waals surface area contributed by atoms with Gasteiger partial charge in [-0.15, -0.1) is 0 Å². The van der Waals surface area contributed by atoms with Gasteiger partial charge in [-0.05, 0) is 44.4 Å². The zero-order valence-corrected chi connectivity index (χ0v) is 24.8. The van der Waals surface area contributed by atoms with Crippen molar-refractivity contribution in [1.82, 2.24) is 24.0 Å². The van der Waals surface area contributed by atoms with E-state index < -0.39 is 29.0 Å². The Morgan fingerprint density at radius 1 is 1.12 bits per heavy atom. The number of carbonyl (C=O) groups is 2. The van der Waals surface area contributed by atoms with Crippen molar-refractivity contribution < 1.29 is 32.6 Å². The van der Waals surface area contributed by atoms with E-state index in [1.54, 1.807) is 22.0 Å². The molecule has 3 heterocycles. The third-order valence-corrected chi connectivity index (χ3v) is 6.98. The molecule has 216 valence electrons. The molecule has 4 rings (SSSR count). The second-order valence-corrected chi connectivity index (χ2v) is 11.6. The topological polar surface area (TPSA) is 111 Å². The van der Waals surface area contributed by atoms with Crippen LogP contribution in [0.1, 0.15) is 31.1 Å². The second-order valence-electron chi connectivity index (χ2n) is 9.91. The van der Waals surface area contributed by atoms with Gasteiger partial charge in [-0.3, -0.25) is 9.58 Å². The van der Waals surface area contributed by atoms with Crippen molar-refractivity contribution in [2.75, 3.05) is 45.2 Å². The molecule has 0 unspecified atom stereocenters. The van der Waals surface area contributed by atoms with Gasteiger partial charge in [0.25, 0.3) is 0 Å². The van der Waals surface area contributed by atoms with Crippen LogP contribution in [-0.2, 0) is 16.0 Å². The van der Waals surface area contributed by atoms with Crippen molar-refractivity contribution in [2.45, 2.75) is 32.9 Å². The van der Waals surface area contributed by atoms with E-state index in [-0.39, 0.29) is 27.0 Å². The highest BCUT2D eigenvalue weighted by molar-refractivity contribution is 9.10. The Morgan fingerprint density at radius 3 is 2.42 bits per heavy atom. The van der Waals surface area contributed by atoms with Gasteiger partial charge < -0.3 is 24.4 Å². The number of anilines is 2. The number of methoxy groups -OCH3 is 1. The Kier molecular flexibility index (Phi) is 9.26. The molecule has 0 atom stereocenters. The molecule has 1 fully saturated rings. The molecule has 0 saturated carbocycles. The lowest BCUT2D eigenvalue weighted by Gasteiger charge is -2.35. The van der Waals surface area contributed by atoms with Gasteiger partial charge in [0.15, 0.2) is 17.2 Å². The van der Waals surface area contributed by atoms with Crippen LogP contribution in [0.5, 0.6) is 11.6 Å². The van der Waals surface area contributed by atoms with Crippen LogP contribution in [0.2, 0.25) is 0 Å². The minimum Gasteiger partial charge on any atom is -0.465 e. The van der Waals surface area contributed by atoms with Gasteiger partial charge in [0.05, 0.1) is 25.5 Å². The van der Waals surface area contributed by atoms with Gasteiger partial charge in [-0.2, -0.15) is 9.47 Å². The fourth-order valence-corrected chi connectivity index (χ4v) is 4.97. The van der Waals surface area contributed by atoms with Crippen molar-refractivity contribution in [2.24, 2.45) is 0 Å². The Bertz CT molecular complexity index is 1350. The van der Waals surface area contributed by atoms with Crippen molar-refractivity contribution >= 4 is 50.2 Å². The van der Waals surface area contributed by atoms with Crippen molar-refractivity contribution in [3.8, 4) is 11.6 Å². The first-order valence-corrected chi connectivity index (χ1v) is 13.9. The largest absolute Gasteiger partial charge is 0.465 e. The number of hydrogen-bond acceptors (Lipinski definition) is 10. The van der Waals surface area contributed by atoms with Gasteiger partial charge in [-0.25, -0.2) is 18.4 Å². The van der Waals surface area contributed by atoms with E-state index in [1.165, 1.54) is 7.11 Å². The number of hydrogen-bond donors (Lipinski definition) is 1. The fraction of sp³-hybridized carbons (Fsp3) is 0.440. The molecule has 0 bridgehead atoms. The van der Waals surface area contributed by atoms with E-state index in [4.69, 9.17) is 14.2 Å². The van der Waals surface area contributed by atoms with Crippen LogP contribution in [0.4, 0.5) is 24.3 Å². The van der Waals surface area contributed by atoms with Crippen LogP contribution in [0.15, 0.2) is 29.0 Å². The highest BCUT2D eigenvalue weighted by atomic mass is 79.9. The molecule has 11 nitrogen and oxygen atoms in total. The molecule has 0 radical (unpaired) electrons. The number of esters is 1. The summed E-state index contributed by atoms with van der Waals surface area (Å²) in [5, 5.41) is 7.67. The first-order chi connectivity index (χ1) is 18.9. The summed E-state index contributed by atoms with van der Waals surface area (Å²) in [4.78, 5) is 28.7. The van der Waals surface area contributed by atoms with E-state index in [2.05, 4.69) is 35.6 Å². The summed E-state index contributed by atoms with van der Waals surface area (Å²) in [5.74, 6) is -3.69. The second kappa shape index (κ2) is 12.5. The Hall–Kier alpha value is -3.30. The number of ether oxygens (including phenoxy) is 3. The first kappa shape index (κ1) is 29.7. The lowest BCUT2D eigenvalue weighted by molar-refractivity contribution is 0.0142. The van der Waals surface area contributed by atoms with Crippen LogP contribution < -0.4 is 10.1 Å². The number of nitrogens with zero attached hydrogens (tertiary/aromatic N) is 5. The predicted molar refractivity (Wildman–Crippen MR) is 147 cm³/mol. The molecule has 1 amide bonds. The fourth-order valence-electron chi connectivity index (χ4n) is 3.84. The number of piperazine rings is 1. The standard InChI is InChI=1S/C25H29BrF2N6O5S/c1-25(2,3)39-24(36)33-8-5-32(6-9-33)7-10-34-14-16(13-29-34)30-22-19(23(35)37-4)21(31-40-22)38-20-17(27)11-15(26)12-18(20)28/h11-14,30H,5-10H2,1-4H3. The zero-order valence-electron chi connectivity index (χ0n) is 22.4. The monoisotopic (exact) mass is 642 g/mol.